The first-order chi connectivity index (χ1) is 15.8. The first kappa shape index (κ1) is 21.6. The van der Waals surface area contributed by atoms with Gasteiger partial charge in [0.05, 0.1) is 6.26 Å². The van der Waals surface area contributed by atoms with Crippen molar-refractivity contribution in [2.75, 3.05) is 0 Å². The summed E-state index contributed by atoms with van der Waals surface area (Å²) in [6, 6.07) is 11.0. The molecule has 2 aliphatic rings. The van der Waals surface area contributed by atoms with Crippen LogP contribution in [0.5, 0.6) is 5.75 Å². The molecular weight excluding hydrogens is 422 g/mol. The second-order valence-electron chi connectivity index (χ2n) is 9.96. The summed E-state index contributed by atoms with van der Waals surface area (Å²) in [5, 5.41) is 0.796. The van der Waals surface area contributed by atoms with Crippen molar-refractivity contribution in [2.45, 2.75) is 76.7 Å². The number of hydrogen-bond donors (Lipinski definition) is 0. The summed E-state index contributed by atoms with van der Waals surface area (Å²) in [6.07, 6.45) is 5.83. The van der Waals surface area contributed by atoms with Gasteiger partial charge in [-0.1, -0.05) is 0 Å². The van der Waals surface area contributed by atoms with E-state index in [1.807, 2.05) is 37.8 Å². The zero-order chi connectivity index (χ0) is 23.2. The van der Waals surface area contributed by atoms with E-state index < -0.39 is 11.2 Å². The summed E-state index contributed by atoms with van der Waals surface area (Å²) in [7, 11) is 0. The molecule has 2 bridgehead atoms. The normalized spacial score (nSPS) is 22.9. The number of amides is 1. The quantitative estimate of drug-likeness (QED) is 0.472. The van der Waals surface area contributed by atoms with Crippen molar-refractivity contribution in [1.29, 1.82) is 0 Å². The number of carbonyl (C=O) groups is 1. The molecule has 2 aromatic heterocycles. The zero-order valence-electron chi connectivity index (χ0n) is 19.2. The van der Waals surface area contributed by atoms with E-state index in [1.54, 1.807) is 24.3 Å². The van der Waals surface area contributed by atoms with Gasteiger partial charge in [-0.25, -0.2) is 9.59 Å². The van der Waals surface area contributed by atoms with Gasteiger partial charge in [0.25, 0.3) is 0 Å². The number of ether oxygens (including phenoxy) is 2. The van der Waals surface area contributed by atoms with E-state index >= 15 is 0 Å². The predicted molar refractivity (Wildman–Crippen MR) is 123 cm³/mol. The summed E-state index contributed by atoms with van der Waals surface area (Å²) in [4.78, 5) is 27.2. The van der Waals surface area contributed by atoms with E-state index in [0.29, 0.717) is 22.7 Å². The monoisotopic (exact) mass is 451 g/mol. The molecule has 0 saturated carbocycles. The molecule has 0 radical (unpaired) electrons. The Morgan fingerprint density at radius 2 is 1.85 bits per heavy atom. The summed E-state index contributed by atoms with van der Waals surface area (Å²) >= 11 is 0. The van der Waals surface area contributed by atoms with Crippen molar-refractivity contribution in [3.05, 3.63) is 53.1 Å². The maximum absolute atomic E-state index is 12.8. The van der Waals surface area contributed by atoms with Crippen LogP contribution in [-0.4, -0.2) is 34.8 Å². The van der Waals surface area contributed by atoms with E-state index in [4.69, 9.17) is 18.3 Å². The Morgan fingerprint density at radius 3 is 2.52 bits per heavy atom. The fraction of sp³-hybridized carbons (Fsp3) is 0.462. The van der Waals surface area contributed by atoms with Crippen LogP contribution in [0.15, 0.2) is 56.3 Å². The third kappa shape index (κ3) is 4.49. The van der Waals surface area contributed by atoms with Gasteiger partial charge in [-0.3, -0.25) is 0 Å². The lowest BCUT2D eigenvalue weighted by atomic mass is 9.83. The molecule has 5 rings (SSSR count). The van der Waals surface area contributed by atoms with Crippen molar-refractivity contribution in [2.24, 2.45) is 0 Å². The van der Waals surface area contributed by atoms with Gasteiger partial charge in [-0.2, -0.15) is 0 Å². The van der Waals surface area contributed by atoms with Gasteiger partial charge in [-0.05, 0) is 70.4 Å². The van der Waals surface area contributed by atoms with Crippen LogP contribution in [0.1, 0.15) is 52.9 Å². The first-order valence-corrected chi connectivity index (χ1v) is 11.6. The Morgan fingerprint density at radius 1 is 1.09 bits per heavy atom. The van der Waals surface area contributed by atoms with Crippen LogP contribution in [0.4, 0.5) is 4.79 Å². The third-order valence-electron chi connectivity index (χ3n) is 6.33. The highest BCUT2D eigenvalue weighted by atomic mass is 16.6. The lowest BCUT2D eigenvalue weighted by Crippen LogP contribution is -2.57. The minimum Gasteiger partial charge on any atom is -0.490 e. The Bertz CT molecular complexity index is 1190. The number of furan rings is 1. The highest BCUT2D eigenvalue weighted by molar-refractivity contribution is 5.82. The van der Waals surface area contributed by atoms with Gasteiger partial charge >= 0.3 is 11.7 Å². The molecule has 3 aromatic rings. The van der Waals surface area contributed by atoms with Gasteiger partial charge in [0.15, 0.2) is 0 Å². The molecule has 0 unspecified atom stereocenters. The molecule has 7 heteroatoms. The van der Waals surface area contributed by atoms with Gasteiger partial charge < -0.3 is 23.2 Å². The fourth-order valence-corrected chi connectivity index (χ4v) is 5.00. The van der Waals surface area contributed by atoms with Crippen LogP contribution in [0.2, 0.25) is 0 Å². The largest absolute Gasteiger partial charge is 0.490 e. The van der Waals surface area contributed by atoms with Crippen LogP contribution in [0.25, 0.3) is 22.3 Å². The highest BCUT2D eigenvalue weighted by Gasteiger charge is 2.43. The van der Waals surface area contributed by atoms with Crippen LogP contribution in [-0.2, 0) is 4.74 Å². The minimum absolute atomic E-state index is 0.00875. The standard InChI is InChI=1S/C26H29NO6/c1-26(2,3)33-25(29)27-17-6-4-7-18(27)14-20(13-17)31-19-10-9-16-12-21(22-8-5-11-30-22)24(28)32-23(16)15-19/h5,8-12,15,17-18,20H,4,6-7,13-14H2,1-3H3/t17-,18+,20-. The predicted octanol–water partition coefficient (Wildman–Crippen LogP) is 5.75. The van der Waals surface area contributed by atoms with Crippen LogP contribution in [0.3, 0.4) is 0 Å². The number of fused-ring (bicyclic) bond motifs is 3. The molecule has 0 spiro atoms. The van der Waals surface area contributed by atoms with Gasteiger partial charge in [0.2, 0.25) is 0 Å². The molecule has 33 heavy (non-hydrogen) atoms. The Labute approximate surface area is 192 Å². The van der Waals surface area contributed by atoms with E-state index in [-0.39, 0.29) is 24.3 Å². The zero-order valence-corrected chi connectivity index (χ0v) is 19.2. The highest BCUT2D eigenvalue weighted by Crippen LogP contribution is 2.37. The fourth-order valence-electron chi connectivity index (χ4n) is 5.00. The summed E-state index contributed by atoms with van der Waals surface area (Å²) in [5.74, 6) is 1.14. The molecule has 1 amide bonds. The SMILES string of the molecule is CC(C)(C)OC(=O)N1[C@@H]2CCC[C@H]1C[C@H](Oc1ccc3cc(-c4ccco4)c(=O)oc3c1)C2. The third-order valence-corrected chi connectivity index (χ3v) is 6.33. The van der Waals surface area contributed by atoms with Gasteiger partial charge in [0.1, 0.15) is 34.4 Å². The van der Waals surface area contributed by atoms with Gasteiger partial charge in [-0.15, -0.1) is 0 Å². The lowest BCUT2D eigenvalue weighted by molar-refractivity contribution is -0.0405. The maximum atomic E-state index is 12.8. The van der Waals surface area contributed by atoms with Crippen molar-refractivity contribution in [3.8, 4) is 17.1 Å². The number of piperidine rings is 2. The van der Waals surface area contributed by atoms with E-state index in [2.05, 4.69) is 0 Å². The molecule has 0 N–H and O–H groups in total. The molecule has 2 saturated heterocycles. The lowest BCUT2D eigenvalue weighted by Gasteiger charge is -2.48. The smallest absolute Gasteiger partial charge is 0.410 e. The number of benzene rings is 1. The van der Waals surface area contributed by atoms with E-state index in [9.17, 15) is 9.59 Å². The van der Waals surface area contributed by atoms with Crippen molar-refractivity contribution in [3.63, 3.8) is 0 Å². The molecule has 0 aliphatic carbocycles. The van der Waals surface area contributed by atoms with E-state index in [1.165, 1.54) is 6.26 Å². The first-order valence-electron chi connectivity index (χ1n) is 11.6. The van der Waals surface area contributed by atoms with Gasteiger partial charge in [0, 0.05) is 36.4 Å². The van der Waals surface area contributed by atoms with Crippen LogP contribution < -0.4 is 10.4 Å². The Balaban J connectivity index is 1.32. The molecular formula is C26H29NO6. The molecule has 1 aromatic carbocycles. The topological polar surface area (TPSA) is 82.1 Å². The van der Waals surface area contributed by atoms with Crippen molar-refractivity contribution >= 4 is 17.1 Å². The number of hydrogen-bond acceptors (Lipinski definition) is 6. The average molecular weight is 452 g/mol. The summed E-state index contributed by atoms with van der Waals surface area (Å²) < 4.78 is 22.9. The molecule has 3 atom stereocenters. The summed E-state index contributed by atoms with van der Waals surface area (Å²) in [6.45, 7) is 5.69. The molecule has 2 fully saturated rings. The molecule has 174 valence electrons. The minimum atomic E-state index is -0.509. The van der Waals surface area contributed by atoms with Crippen molar-refractivity contribution < 1.29 is 23.1 Å². The van der Waals surface area contributed by atoms with Crippen LogP contribution >= 0.6 is 0 Å². The number of carbonyl (C=O) groups excluding carboxylic acids is 1. The van der Waals surface area contributed by atoms with E-state index in [0.717, 1.165) is 37.5 Å². The second-order valence-corrected chi connectivity index (χ2v) is 9.96. The second kappa shape index (κ2) is 8.28. The molecule has 7 nitrogen and oxygen atoms in total. The number of rotatable bonds is 3. The Kier molecular flexibility index (Phi) is 5.43. The van der Waals surface area contributed by atoms with Crippen molar-refractivity contribution in [1.82, 2.24) is 4.90 Å². The van der Waals surface area contributed by atoms with Crippen LogP contribution in [0, 0.1) is 0 Å². The molecule has 2 aliphatic heterocycles. The number of nitrogens with zero attached hydrogens (tertiary/aromatic N) is 1. The maximum Gasteiger partial charge on any atom is 0.410 e. The molecule has 4 heterocycles. The summed E-state index contributed by atoms with van der Waals surface area (Å²) in [5.41, 5.74) is -0.0950. The Hall–Kier alpha value is -3.22. The average Bonchev–Trinajstić information content (AvgIpc) is 3.26.